The number of nitrogens with one attached hydrogen (secondary N) is 1. The second-order valence-corrected chi connectivity index (χ2v) is 9.89. The molecule has 1 fully saturated rings. The van der Waals surface area contributed by atoms with E-state index in [4.69, 9.17) is 0 Å². The third kappa shape index (κ3) is 4.90. The molecule has 1 unspecified atom stereocenters. The quantitative estimate of drug-likeness (QED) is 0.308. The molecule has 3 aromatic carbocycles. The number of benzene rings is 3. The summed E-state index contributed by atoms with van der Waals surface area (Å²) < 4.78 is 31.5. The molecule has 6 rings (SSSR count). The van der Waals surface area contributed by atoms with E-state index in [1.165, 1.54) is 17.7 Å². The predicted molar refractivity (Wildman–Crippen MR) is 148 cm³/mol. The number of Topliss-reactive ketones (excluding diaryl/α,β-unsaturated/α-hetero) is 1. The average molecular weight is 555 g/mol. The predicted octanol–water partition coefficient (Wildman–Crippen LogP) is 4.57. The number of halogens is 2. The Morgan fingerprint density at radius 3 is 2.59 bits per heavy atom. The first-order valence-corrected chi connectivity index (χ1v) is 13.0. The topological polar surface area (TPSA) is 110 Å². The number of hydrogen-bond acceptors (Lipinski definition) is 6. The van der Waals surface area contributed by atoms with Crippen molar-refractivity contribution in [1.82, 2.24) is 24.6 Å². The van der Waals surface area contributed by atoms with Gasteiger partial charge < -0.3 is 10.2 Å². The number of ketones is 1. The fourth-order valence-electron chi connectivity index (χ4n) is 5.23. The zero-order valence-corrected chi connectivity index (χ0v) is 21.9. The van der Waals surface area contributed by atoms with Crippen LogP contribution in [0.2, 0.25) is 0 Å². The number of amides is 2. The highest BCUT2D eigenvalue weighted by Gasteiger charge is 2.40. The number of carbonyl (C=O) groups is 3. The first kappa shape index (κ1) is 26.2. The van der Waals surface area contributed by atoms with Crippen LogP contribution >= 0.6 is 0 Å². The van der Waals surface area contributed by atoms with Crippen molar-refractivity contribution in [2.45, 2.75) is 32.1 Å². The molecule has 2 atom stereocenters. The molecule has 5 aromatic rings. The van der Waals surface area contributed by atoms with Crippen molar-refractivity contribution in [3.63, 3.8) is 0 Å². The van der Waals surface area contributed by atoms with Gasteiger partial charge in [0.25, 0.3) is 0 Å². The zero-order chi connectivity index (χ0) is 28.7. The third-order valence-electron chi connectivity index (χ3n) is 7.19. The highest BCUT2D eigenvalue weighted by atomic mass is 19.1. The van der Waals surface area contributed by atoms with Crippen molar-refractivity contribution in [3.8, 4) is 11.1 Å². The lowest BCUT2D eigenvalue weighted by atomic mass is 10.0. The minimum atomic E-state index is -1.42. The molecule has 2 aromatic heterocycles. The maximum Gasteiger partial charge on any atom is 0.247 e. The van der Waals surface area contributed by atoms with Gasteiger partial charge in [0, 0.05) is 36.7 Å². The Bertz CT molecular complexity index is 1840. The summed E-state index contributed by atoms with van der Waals surface area (Å²) in [6, 6.07) is 15.6. The van der Waals surface area contributed by atoms with E-state index in [2.05, 4.69) is 20.4 Å². The molecular formula is C30H24F2N6O3. The Hall–Kier alpha value is -5.06. The summed E-state index contributed by atoms with van der Waals surface area (Å²) in [5.41, 5.74) is 2.74. The monoisotopic (exact) mass is 554 g/mol. The Morgan fingerprint density at radius 2 is 1.78 bits per heavy atom. The zero-order valence-electron chi connectivity index (χ0n) is 21.9. The first-order valence-electron chi connectivity index (χ1n) is 13.0. The van der Waals surface area contributed by atoms with Crippen LogP contribution in [0.25, 0.3) is 33.1 Å². The molecule has 0 radical (unpaired) electrons. The van der Waals surface area contributed by atoms with E-state index in [-0.39, 0.29) is 42.2 Å². The third-order valence-corrected chi connectivity index (χ3v) is 7.19. The molecule has 3 heterocycles. The van der Waals surface area contributed by atoms with E-state index >= 15 is 4.39 Å². The molecule has 41 heavy (non-hydrogen) atoms. The van der Waals surface area contributed by atoms with Crippen LogP contribution in [0.4, 0.5) is 14.5 Å². The molecule has 1 N–H and O–H groups in total. The van der Waals surface area contributed by atoms with Gasteiger partial charge in [-0.15, -0.1) is 0 Å². The van der Waals surface area contributed by atoms with Crippen LogP contribution < -0.4 is 5.32 Å². The summed E-state index contributed by atoms with van der Waals surface area (Å²) in [6.07, 6.45) is 1.47. The Morgan fingerprint density at radius 1 is 1.00 bits per heavy atom. The fourth-order valence-corrected chi connectivity index (χ4v) is 5.23. The number of nitrogens with zero attached hydrogens (tertiary/aromatic N) is 5. The summed E-state index contributed by atoms with van der Waals surface area (Å²) in [7, 11) is 0. The summed E-state index contributed by atoms with van der Waals surface area (Å²) in [4.78, 5) is 48.3. The van der Waals surface area contributed by atoms with Crippen LogP contribution in [0.15, 0.2) is 73.1 Å². The highest BCUT2D eigenvalue weighted by Crippen LogP contribution is 2.30. The van der Waals surface area contributed by atoms with Gasteiger partial charge >= 0.3 is 0 Å². The van der Waals surface area contributed by atoms with Crippen LogP contribution in [-0.2, 0) is 16.1 Å². The van der Waals surface area contributed by atoms with Gasteiger partial charge in [-0.2, -0.15) is 5.10 Å². The molecular weight excluding hydrogens is 530 g/mol. The first-order chi connectivity index (χ1) is 19.8. The molecule has 2 amide bonds. The lowest BCUT2D eigenvalue weighted by Gasteiger charge is -2.24. The van der Waals surface area contributed by atoms with Crippen molar-refractivity contribution in [1.29, 1.82) is 0 Å². The van der Waals surface area contributed by atoms with Gasteiger partial charge in [-0.05, 0) is 29.8 Å². The Labute approximate surface area is 232 Å². The van der Waals surface area contributed by atoms with Gasteiger partial charge in [-0.25, -0.2) is 8.78 Å². The molecule has 0 spiro atoms. The SMILES string of the molecule is CC(=O)c1nn(CC(=O)N2C[C@H](F)CC2C(=O)Nc2cccc(-c3ccc4nccnc4c3)c2F)c2ccccc12. The van der Waals surface area contributed by atoms with E-state index in [0.29, 0.717) is 27.5 Å². The molecule has 11 heteroatoms. The molecule has 1 aliphatic rings. The fraction of sp³-hybridized carbons (Fsp3) is 0.200. The molecule has 0 bridgehead atoms. The van der Waals surface area contributed by atoms with E-state index in [1.807, 2.05) is 0 Å². The molecule has 1 aliphatic heterocycles. The van der Waals surface area contributed by atoms with Gasteiger partial charge in [0.05, 0.1) is 28.8 Å². The highest BCUT2D eigenvalue weighted by molar-refractivity contribution is 6.05. The molecule has 1 saturated heterocycles. The summed E-state index contributed by atoms with van der Waals surface area (Å²) in [6.45, 7) is 0.813. The summed E-state index contributed by atoms with van der Waals surface area (Å²) in [5, 5.41) is 7.44. The van der Waals surface area contributed by atoms with E-state index in [9.17, 15) is 18.8 Å². The van der Waals surface area contributed by atoms with E-state index in [1.54, 1.807) is 67.0 Å². The van der Waals surface area contributed by atoms with Gasteiger partial charge in [-0.3, -0.25) is 29.0 Å². The van der Waals surface area contributed by atoms with Gasteiger partial charge in [-0.1, -0.05) is 36.4 Å². The van der Waals surface area contributed by atoms with Crippen molar-refractivity contribution >= 4 is 45.2 Å². The van der Waals surface area contributed by atoms with Crippen molar-refractivity contribution in [2.75, 3.05) is 11.9 Å². The average Bonchev–Trinajstić information content (AvgIpc) is 3.55. The van der Waals surface area contributed by atoms with Crippen molar-refractivity contribution in [3.05, 3.63) is 84.6 Å². The smallest absolute Gasteiger partial charge is 0.247 e. The lowest BCUT2D eigenvalue weighted by Crippen LogP contribution is -2.44. The van der Waals surface area contributed by atoms with E-state index < -0.39 is 29.8 Å². The molecule has 9 nitrogen and oxygen atoms in total. The van der Waals surface area contributed by atoms with Crippen LogP contribution in [0, 0.1) is 5.82 Å². The van der Waals surface area contributed by atoms with Gasteiger partial charge in [0.1, 0.15) is 24.5 Å². The minimum absolute atomic E-state index is 0.0920. The number of anilines is 1. The Kier molecular flexibility index (Phi) is 6.70. The number of alkyl halides is 1. The molecule has 0 saturated carbocycles. The maximum atomic E-state index is 15.6. The van der Waals surface area contributed by atoms with Gasteiger partial charge in [0.15, 0.2) is 11.6 Å². The number of hydrogen-bond donors (Lipinski definition) is 1. The van der Waals surface area contributed by atoms with Crippen LogP contribution in [0.5, 0.6) is 0 Å². The largest absolute Gasteiger partial charge is 0.326 e. The second kappa shape index (κ2) is 10.5. The van der Waals surface area contributed by atoms with Crippen LogP contribution in [-0.4, -0.2) is 61.0 Å². The second-order valence-electron chi connectivity index (χ2n) is 9.89. The minimum Gasteiger partial charge on any atom is -0.326 e. The number of carbonyl (C=O) groups excluding carboxylic acids is 3. The number of rotatable bonds is 6. The number of likely N-dealkylation sites (tertiary alicyclic amines) is 1. The van der Waals surface area contributed by atoms with Crippen molar-refractivity contribution in [2.24, 2.45) is 0 Å². The number of fused-ring (bicyclic) bond motifs is 2. The van der Waals surface area contributed by atoms with Crippen LogP contribution in [0.3, 0.4) is 0 Å². The lowest BCUT2D eigenvalue weighted by molar-refractivity contribution is -0.137. The number of aromatic nitrogens is 4. The number of para-hydroxylation sites is 1. The van der Waals surface area contributed by atoms with Crippen LogP contribution in [0.1, 0.15) is 23.8 Å². The molecule has 206 valence electrons. The van der Waals surface area contributed by atoms with Crippen molar-refractivity contribution < 1.29 is 23.2 Å². The summed E-state index contributed by atoms with van der Waals surface area (Å²) in [5.74, 6) is -2.17. The summed E-state index contributed by atoms with van der Waals surface area (Å²) >= 11 is 0. The standard InChI is InChI=1S/C30H24F2N6O3/c1-17(39)29-21-5-2-3-8-25(21)38(36-29)16-27(40)37-15-19(31)14-26(37)30(41)35-23-7-4-6-20(28(23)32)18-9-10-22-24(13-18)34-12-11-33-22/h2-13,19,26H,14-16H2,1H3,(H,35,41)/t19-,26?/m1/s1. The normalized spacial score (nSPS) is 16.8. The van der Waals surface area contributed by atoms with E-state index in [0.717, 1.165) is 4.90 Å². The van der Waals surface area contributed by atoms with Gasteiger partial charge in [0.2, 0.25) is 11.8 Å². The maximum absolute atomic E-state index is 15.6. The molecule has 0 aliphatic carbocycles. The Balaban J connectivity index is 1.23.